The lowest BCUT2D eigenvalue weighted by atomic mass is 10.0. The topological polar surface area (TPSA) is 91.3 Å². The van der Waals surface area contributed by atoms with Crippen molar-refractivity contribution in [1.29, 1.82) is 0 Å². The Balaban J connectivity index is 3.60. The summed E-state index contributed by atoms with van der Waals surface area (Å²) in [6.07, 6.45) is 21.9. The third kappa shape index (κ3) is 27.1. The summed E-state index contributed by atoms with van der Waals surface area (Å²) in [7, 11) is 3.15. The second-order valence-electron chi connectivity index (χ2n) is 11.6. The molecule has 0 saturated carbocycles. The van der Waals surface area contributed by atoms with Crippen LogP contribution < -0.4 is 0 Å². The minimum atomic E-state index is -4.17. The number of phosphoric ester groups is 1. The normalized spacial score (nSPS) is 14.4. The van der Waals surface area contributed by atoms with Crippen molar-refractivity contribution in [1.82, 2.24) is 0 Å². The van der Waals surface area contributed by atoms with Crippen LogP contribution in [0.2, 0.25) is 0 Å². The Labute approximate surface area is 234 Å². The Morgan fingerprint density at radius 2 is 1.18 bits per heavy atom. The number of esters is 1. The van der Waals surface area contributed by atoms with Gasteiger partial charge in [0.1, 0.15) is 25.9 Å². The fourth-order valence-corrected chi connectivity index (χ4v) is 4.82. The molecule has 9 heteroatoms. The lowest BCUT2D eigenvalue weighted by Crippen LogP contribution is -2.37. The second kappa shape index (κ2) is 24.3. The molecule has 2 atom stereocenters. The Bertz CT molecular complexity index is 598. The van der Waals surface area contributed by atoms with E-state index in [0.717, 1.165) is 19.3 Å². The first-order valence-corrected chi connectivity index (χ1v) is 16.7. The fourth-order valence-electron chi connectivity index (χ4n) is 4.08. The number of likely N-dealkylation sites (N-methyl/N-ethyl adjacent to an activating group) is 1. The Morgan fingerprint density at radius 3 is 1.61 bits per heavy atom. The number of nitrogens with zero attached hydrogens (tertiary/aromatic N) is 1. The molecule has 0 aliphatic carbocycles. The zero-order valence-electron chi connectivity index (χ0n) is 25.4. The van der Waals surface area contributed by atoms with Crippen molar-refractivity contribution in [2.45, 2.75) is 129 Å². The summed E-state index contributed by atoms with van der Waals surface area (Å²) in [6, 6.07) is 0. The first-order valence-electron chi connectivity index (χ1n) is 15.2. The second-order valence-corrected chi connectivity index (χ2v) is 13.0. The van der Waals surface area contributed by atoms with Gasteiger partial charge in [-0.2, -0.15) is 0 Å². The monoisotopic (exact) mass is 566 g/mol. The number of carbonyl (C=O) groups excluding carboxylic acids is 1. The highest BCUT2D eigenvalue weighted by molar-refractivity contribution is 7.47. The lowest BCUT2D eigenvalue weighted by molar-refractivity contribution is -0.870. The van der Waals surface area contributed by atoms with E-state index in [1.54, 1.807) is 0 Å². The molecule has 0 aliphatic rings. The van der Waals surface area contributed by atoms with Crippen LogP contribution in [0.3, 0.4) is 0 Å². The molecule has 0 aromatic heterocycles. The molecule has 0 aromatic rings. The maximum atomic E-state index is 12.0. The van der Waals surface area contributed by atoms with E-state index < -0.39 is 13.9 Å². The van der Waals surface area contributed by atoms with E-state index in [1.165, 1.54) is 97.0 Å². The summed E-state index contributed by atoms with van der Waals surface area (Å²) >= 11 is 0. The predicted molar refractivity (Wildman–Crippen MR) is 155 cm³/mol. The SMILES string of the molecule is CCCCCCCCCCCCCCCCCCCC(=O)OC[C@H](COP(=O)(O)OCC[N+](C)(C)C)OC. The number of carbonyl (C=O) groups is 1. The van der Waals surface area contributed by atoms with Crippen molar-refractivity contribution < 1.29 is 37.3 Å². The number of quaternary nitrogens is 1. The number of methoxy groups -OCH3 is 1. The van der Waals surface area contributed by atoms with Crippen LogP contribution in [0.5, 0.6) is 0 Å². The molecule has 0 amide bonds. The number of rotatable bonds is 28. The average molecular weight is 567 g/mol. The molecule has 228 valence electrons. The van der Waals surface area contributed by atoms with Crippen molar-refractivity contribution >= 4 is 13.8 Å². The smallest absolute Gasteiger partial charge is 0.463 e. The van der Waals surface area contributed by atoms with Gasteiger partial charge in [0.2, 0.25) is 0 Å². The van der Waals surface area contributed by atoms with Crippen molar-refractivity contribution in [2.75, 3.05) is 54.6 Å². The molecule has 8 nitrogen and oxygen atoms in total. The number of phosphoric acid groups is 1. The van der Waals surface area contributed by atoms with Crippen molar-refractivity contribution in [3.05, 3.63) is 0 Å². The molecule has 0 spiro atoms. The van der Waals surface area contributed by atoms with Crippen LogP contribution in [0.1, 0.15) is 122 Å². The van der Waals surface area contributed by atoms with E-state index in [4.69, 9.17) is 18.5 Å². The molecule has 0 aromatic carbocycles. The first-order chi connectivity index (χ1) is 18.1. The van der Waals surface area contributed by atoms with Gasteiger partial charge >= 0.3 is 13.8 Å². The zero-order chi connectivity index (χ0) is 28.5. The molecule has 0 saturated heterocycles. The van der Waals surface area contributed by atoms with Gasteiger partial charge in [0.05, 0.1) is 27.7 Å². The summed E-state index contributed by atoms with van der Waals surface area (Å²) in [4.78, 5) is 21.8. The predicted octanol–water partition coefficient (Wildman–Crippen LogP) is 7.43. The van der Waals surface area contributed by atoms with Crippen LogP contribution in [0.4, 0.5) is 0 Å². The van der Waals surface area contributed by atoms with Crippen LogP contribution in [-0.2, 0) is 27.9 Å². The van der Waals surface area contributed by atoms with Gasteiger partial charge in [0, 0.05) is 13.5 Å². The molecule has 0 bridgehead atoms. The lowest BCUT2D eigenvalue weighted by Gasteiger charge is -2.24. The van der Waals surface area contributed by atoms with E-state index >= 15 is 0 Å². The summed E-state index contributed by atoms with van der Waals surface area (Å²) in [5, 5.41) is 0. The highest BCUT2D eigenvalue weighted by atomic mass is 31.2. The van der Waals surface area contributed by atoms with Gasteiger partial charge in [-0.3, -0.25) is 13.8 Å². The summed E-state index contributed by atoms with van der Waals surface area (Å²) < 4.78 is 33.0. The van der Waals surface area contributed by atoms with E-state index in [0.29, 0.717) is 17.4 Å². The van der Waals surface area contributed by atoms with Gasteiger partial charge in [-0.1, -0.05) is 110 Å². The summed E-state index contributed by atoms with van der Waals surface area (Å²) in [5.41, 5.74) is 0. The van der Waals surface area contributed by atoms with Crippen LogP contribution in [0.15, 0.2) is 0 Å². The van der Waals surface area contributed by atoms with Gasteiger partial charge in [-0.25, -0.2) is 4.57 Å². The standard InChI is InChI=1S/C29H60NO7P/c1-6-7-8-9-10-11-12-13-14-15-16-17-18-19-20-21-22-23-29(31)35-26-28(34-5)27-37-38(32,33)36-25-24-30(2,3)4/h28H,6-27H2,1-5H3/p+1/t28-/m1/s1. The van der Waals surface area contributed by atoms with Crippen LogP contribution in [-0.4, -0.2) is 76.1 Å². The van der Waals surface area contributed by atoms with E-state index in [1.807, 2.05) is 21.1 Å². The molecule has 1 unspecified atom stereocenters. The molecule has 0 aliphatic heterocycles. The number of hydrogen-bond donors (Lipinski definition) is 1. The molecule has 0 fully saturated rings. The minimum Gasteiger partial charge on any atom is -0.463 e. The van der Waals surface area contributed by atoms with Gasteiger partial charge in [-0.05, 0) is 6.42 Å². The van der Waals surface area contributed by atoms with Gasteiger partial charge in [0.25, 0.3) is 0 Å². The Kier molecular flexibility index (Phi) is 24.0. The average Bonchev–Trinajstić information content (AvgIpc) is 2.85. The van der Waals surface area contributed by atoms with E-state index in [-0.39, 0.29) is 25.8 Å². The summed E-state index contributed by atoms with van der Waals surface area (Å²) in [6.45, 7) is 2.72. The van der Waals surface area contributed by atoms with Crippen LogP contribution in [0.25, 0.3) is 0 Å². The zero-order valence-corrected chi connectivity index (χ0v) is 26.3. The van der Waals surface area contributed by atoms with Crippen LogP contribution >= 0.6 is 7.82 Å². The minimum absolute atomic E-state index is 0.0207. The number of unbranched alkanes of at least 4 members (excludes halogenated alkanes) is 16. The molecule has 0 radical (unpaired) electrons. The van der Waals surface area contributed by atoms with Crippen LogP contribution in [0, 0.1) is 0 Å². The Morgan fingerprint density at radius 1 is 0.737 bits per heavy atom. The first kappa shape index (κ1) is 37.5. The summed E-state index contributed by atoms with van der Waals surface area (Å²) in [5.74, 6) is -0.278. The van der Waals surface area contributed by atoms with Gasteiger partial charge in [0.15, 0.2) is 0 Å². The van der Waals surface area contributed by atoms with Gasteiger partial charge < -0.3 is 18.9 Å². The van der Waals surface area contributed by atoms with Crippen molar-refractivity contribution in [3.8, 4) is 0 Å². The number of ether oxygens (including phenoxy) is 2. The Hall–Kier alpha value is -0.500. The molecule has 38 heavy (non-hydrogen) atoms. The molecule has 0 heterocycles. The fraction of sp³-hybridized carbons (Fsp3) is 0.966. The van der Waals surface area contributed by atoms with Crippen molar-refractivity contribution in [3.63, 3.8) is 0 Å². The highest BCUT2D eigenvalue weighted by Gasteiger charge is 2.25. The number of hydrogen-bond acceptors (Lipinski definition) is 6. The molecular formula is C29H61NO7P+. The third-order valence-electron chi connectivity index (χ3n) is 6.69. The quantitative estimate of drug-likeness (QED) is 0.0456. The largest absolute Gasteiger partial charge is 0.472 e. The van der Waals surface area contributed by atoms with E-state index in [9.17, 15) is 14.3 Å². The maximum absolute atomic E-state index is 12.0. The third-order valence-corrected chi connectivity index (χ3v) is 7.67. The molecule has 0 rings (SSSR count). The molecular weight excluding hydrogens is 505 g/mol. The highest BCUT2D eigenvalue weighted by Crippen LogP contribution is 2.43. The maximum Gasteiger partial charge on any atom is 0.472 e. The van der Waals surface area contributed by atoms with E-state index in [2.05, 4.69) is 6.92 Å². The van der Waals surface area contributed by atoms with Crippen molar-refractivity contribution in [2.24, 2.45) is 0 Å². The molecule has 1 N–H and O–H groups in total. The van der Waals surface area contributed by atoms with Gasteiger partial charge in [-0.15, -0.1) is 0 Å².